The summed E-state index contributed by atoms with van der Waals surface area (Å²) in [5.41, 5.74) is 6.35. The SMILES string of the molecule is CCOc1cccc(Nc2nc(N)nc(OC)n2)c1. The van der Waals surface area contributed by atoms with Crippen molar-refractivity contribution in [1.29, 1.82) is 0 Å². The van der Waals surface area contributed by atoms with Gasteiger partial charge < -0.3 is 20.5 Å². The summed E-state index contributed by atoms with van der Waals surface area (Å²) in [6, 6.07) is 7.62. The molecule has 0 aliphatic heterocycles. The average molecular weight is 261 g/mol. The maximum Gasteiger partial charge on any atom is 0.322 e. The van der Waals surface area contributed by atoms with E-state index in [9.17, 15) is 0 Å². The van der Waals surface area contributed by atoms with Gasteiger partial charge >= 0.3 is 6.01 Å². The Balaban J connectivity index is 2.20. The molecule has 0 radical (unpaired) electrons. The van der Waals surface area contributed by atoms with Gasteiger partial charge in [0.05, 0.1) is 13.7 Å². The zero-order valence-electron chi connectivity index (χ0n) is 10.8. The lowest BCUT2D eigenvalue weighted by molar-refractivity contribution is 0.340. The number of hydrogen-bond acceptors (Lipinski definition) is 7. The maximum atomic E-state index is 5.56. The van der Waals surface area contributed by atoms with Crippen molar-refractivity contribution >= 4 is 17.6 Å². The van der Waals surface area contributed by atoms with Crippen LogP contribution < -0.4 is 20.5 Å². The van der Waals surface area contributed by atoms with E-state index >= 15 is 0 Å². The highest BCUT2D eigenvalue weighted by Gasteiger charge is 2.05. The first-order valence-electron chi connectivity index (χ1n) is 5.76. The van der Waals surface area contributed by atoms with Crippen LogP contribution in [-0.4, -0.2) is 28.7 Å². The Labute approximate surface area is 110 Å². The Hall–Kier alpha value is -2.57. The fourth-order valence-corrected chi connectivity index (χ4v) is 1.48. The molecule has 0 saturated carbocycles. The second kappa shape index (κ2) is 5.85. The lowest BCUT2D eigenvalue weighted by Crippen LogP contribution is -2.05. The Bertz CT molecular complexity index is 562. The summed E-state index contributed by atoms with van der Waals surface area (Å²) in [5, 5.41) is 3.02. The first-order valence-corrected chi connectivity index (χ1v) is 5.76. The molecule has 7 heteroatoms. The minimum absolute atomic E-state index is 0.0929. The third-order valence-electron chi connectivity index (χ3n) is 2.22. The Morgan fingerprint density at radius 1 is 1.26 bits per heavy atom. The lowest BCUT2D eigenvalue weighted by Gasteiger charge is -2.08. The molecule has 19 heavy (non-hydrogen) atoms. The first kappa shape index (κ1) is 12.9. The van der Waals surface area contributed by atoms with E-state index in [1.54, 1.807) is 0 Å². The Morgan fingerprint density at radius 2 is 2.11 bits per heavy atom. The van der Waals surface area contributed by atoms with E-state index in [-0.39, 0.29) is 12.0 Å². The molecule has 0 amide bonds. The van der Waals surface area contributed by atoms with Gasteiger partial charge in [-0.25, -0.2) is 0 Å². The average Bonchev–Trinajstić information content (AvgIpc) is 2.39. The van der Waals surface area contributed by atoms with Crippen LogP contribution in [0, 0.1) is 0 Å². The molecular weight excluding hydrogens is 246 g/mol. The van der Waals surface area contributed by atoms with Gasteiger partial charge in [0.25, 0.3) is 0 Å². The molecular formula is C12H15N5O2. The second-order valence-corrected chi connectivity index (χ2v) is 3.59. The smallest absolute Gasteiger partial charge is 0.322 e. The minimum Gasteiger partial charge on any atom is -0.494 e. The van der Waals surface area contributed by atoms with Crippen LogP contribution in [0.15, 0.2) is 24.3 Å². The fraction of sp³-hybridized carbons (Fsp3) is 0.250. The van der Waals surface area contributed by atoms with Gasteiger partial charge in [-0.2, -0.15) is 15.0 Å². The molecule has 7 nitrogen and oxygen atoms in total. The fourth-order valence-electron chi connectivity index (χ4n) is 1.48. The molecule has 0 saturated heterocycles. The number of aromatic nitrogens is 3. The maximum absolute atomic E-state index is 5.56. The molecule has 1 aromatic carbocycles. The van der Waals surface area contributed by atoms with Crippen molar-refractivity contribution in [2.75, 3.05) is 24.8 Å². The van der Waals surface area contributed by atoms with Crippen molar-refractivity contribution in [2.45, 2.75) is 6.92 Å². The summed E-state index contributed by atoms with van der Waals surface area (Å²) in [7, 11) is 1.47. The quantitative estimate of drug-likeness (QED) is 0.844. The normalized spacial score (nSPS) is 10.0. The molecule has 0 unspecified atom stereocenters. The van der Waals surface area contributed by atoms with E-state index < -0.39 is 0 Å². The van der Waals surface area contributed by atoms with Crippen molar-refractivity contribution in [2.24, 2.45) is 0 Å². The van der Waals surface area contributed by atoms with Crippen LogP contribution >= 0.6 is 0 Å². The van der Waals surface area contributed by atoms with Gasteiger partial charge in [-0.15, -0.1) is 0 Å². The van der Waals surface area contributed by atoms with Crippen molar-refractivity contribution < 1.29 is 9.47 Å². The van der Waals surface area contributed by atoms with Gasteiger partial charge in [-0.05, 0) is 19.1 Å². The summed E-state index contributed by atoms with van der Waals surface area (Å²) < 4.78 is 10.3. The molecule has 100 valence electrons. The zero-order valence-corrected chi connectivity index (χ0v) is 10.8. The predicted octanol–water partition coefficient (Wildman–Crippen LogP) is 1.60. The molecule has 0 fully saturated rings. The number of nitrogen functional groups attached to an aromatic ring is 1. The second-order valence-electron chi connectivity index (χ2n) is 3.59. The van der Waals surface area contributed by atoms with Crippen LogP contribution in [-0.2, 0) is 0 Å². The molecule has 1 heterocycles. The predicted molar refractivity (Wildman–Crippen MR) is 71.7 cm³/mol. The van der Waals surface area contributed by atoms with Crippen LogP contribution in [0.2, 0.25) is 0 Å². The monoisotopic (exact) mass is 261 g/mol. The first-order chi connectivity index (χ1) is 9.21. The summed E-state index contributed by atoms with van der Waals surface area (Å²) in [4.78, 5) is 11.8. The summed E-state index contributed by atoms with van der Waals surface area (Å²) in [6.07, 6.45) is 0. The van der Waals surface area contributed by atoms with E-state index in [0.717, 1.165) is 11.4 Å². The van der Waals surface area contributed by atoms with Crippen molar-refractivity contribution in [3.8, 4) is 11.8 Å². The number of methoxy groups -OCH3 is 1. The van der Waals surface area contributed by atoms with Crippen molar-refractivity contribution in [1.82, 2.24) is 15.0 Å². The van der Waals surface area contributed by atoms with Crippen LogP contribution in [0.5, 0.6) is 11.8 Å². The van der Waals surface area contributed by atoms with E-state index in [2.05, 4.69) is 20.3 Å². The lowest BCUT2D eigenvalue weighted by atomic mass is 10.3. The van der Waals surface area contributed by atoms with Gasteiger partial charge in [0, 0.05) is 11.8 Å². The topological polar surface area (TPSA) is 95.2 Å². The number of nitrogens with zero attached hydrogens (tertiary/aromatic N) is 3. The van der Waals surface area contributed by atoms with Gasteiger partial charge in [-0.3, -0.25) is 0 Å². The van der Waals surface area contributed by atoms with Crippen LogP contribution in [0.3, 0.4) is 0 Å². The number of nitrogens with two attached hydrogens (primary N) is 1. The van der Waals surface area contributed by atoms with Gasteiger partial charge in [0.2, 0.25) is 11.9 Å². The molecule has 1 aromatic heterocycles. The van der Waals surface area contributed by atoms with E-state index in [4.69, 9.17) is 15.2 Å². The standard InChI is InChI=1S/C12H15N5O2/c1-3-19-9-6-4-5-8(7-9)14-11-15-10(13)16-12(17-11)18-2/h4-7H,3H2,1-2H3,(H3,13,14,15,16,17). The van der Waals surface area contributed by atoms with E-state index in [1.807, 2.05) is 31.2 Å². The largest absolute Gasteiger partial charge is 0.494 e. The molecule has 3 N–H and O–H groups in total. The highest BCUT2D eigenvalue weighted by Crippen LogP contribution is 2.20. The molecule has 0 aliphatic carbocycles. The third kappa shape index (κ3) is 3.44. The molecule has 2 rings (SSSR count). The molecule has 0 bridgehead atoms. The molecule has 2 aromatic rings. The van der Waals surface area contributed by atoms with Crippen LogP contribution in [0.1, 0.15) is 6.92 Å². The zero-order chi connectivity index (χ0) is 13.7. The van der Waals surface area contributed by atoms with Gasteiger partial charge in [-0.1, -0.05) is 6.07 Å². The van der Waals surface area contributed by atoms with Crippen LogP contribution in [0.25, 0.3) is 0 Å². The highest BCUT2D eigenvalue weighted by atomic mass is 16.5. The van der Waals surface area contributed by atoms with Gasteiger partial charge in [0.15, 0.2) is 0 Å². The number of benzene rings is 1. The number of rotatable bonds is 5. The molecule has 0 atom stereocenters. The van der Waals surface area contributed by atoms with Crippen molar-refractivity contribution in [3.05, 3.63) is 24.3 Å². The number of nitrogens with one attached hydrogen (secondary N) is 1. The molecule has 0 spiro atoms. The Morgan fingerprint density at radius 3 is 2.84 bits per heavy atom. The summed E-state index contributed by atoms with van der Waals surface area (Å²) in [5.74, 6) is 1.18. The number of ether oxygens (including phenoxy) is 2. The highest BCUT2D eigenvalue weighted by molar-refractivity contribution is 5.56. The minimum atomic E-state index is 0.0929. The molecule has 0 aliphatic rings. The summed E-state index contributed by atoms with van der Waals surface area (Å²) in [6.45, 7) is 2.54. The van der Waals surface area contributed by atoms with Crippen molar-refractivity contribution in [3.63, 3.8) is 0 Å². The number of hydrogen-bond donors (Lipinski definition) is 2. The summed E-state index contributed by atoms with van der Waals surface area (Å²) >= 11 is 0. The van der Waals surface area contributed by atoms with Gasteiger partial charge in [0.1, 0.15) is 5.75 Å². The van der Waals surface area contributed by atoms with E-state index in [1.165, 1.54) is 7.11 Å². The van der Waals surface area contributed by atoms with Crippen LogP contribution in [0.4, 0.5) is 17.6 Å². The number of anilines is 3. The third-order valence-corrected chi connectivity index (χ3v) is 2.22. The Kier molecular flexibility index (Phi) is 3.97. The van der Waals surface area contributed by atoms with E-state index in [0.29, 0.717) is 12.6 Å².